The molecule has 1 aromatic heterocycles. The van der Waals surface area contributed by atoms with Crippen molar-refractivity contribution in [2.75, 3.05) is 12.4 Å². The number of carbonyl (C=O) groups is 1. The molecule has 2 unspecified atom stereocenters. The van der Waals surface area contributed by atoms with E-state index in [1.54, 1.807) is 6.07 Å². The summed E-state index contributed by atoms with van der Waals surface area (Å²) in [7, 11) is -0.171. The highest BCUT2D eigenvalue weighted by molar-refractivity contribution is 7.82. The number of amides is 1. The number of rotatable bonds is 6. The summed E-state index contributed by atoms with van der Waals surface area (Å²) in [6.07, 6.45) is 2.44. The zero-order valence-corrected chi connectivity index (χ0v) is 11.2. The molecule has 0 saturated heterocycles. The Morgan fingerprint density at radius 1 is 1.67 bits per heavy atom. The number of aromatic nitrogens is 1. The molecule has 18 heavy (non-hydrogen) atoms. The number of hydrogen-bond acceptors (Lipinski definition) is 4. The van der Waals surface area contributed by atoms with Gasteiger partial charge in [0, 0.05) is 19.0 Å². The first-order chi connectivity index (χ1) is 8.58. The summed E-state index contributed by atoms with van der Waals surface area (Å²) in [5, 5.41) is 8.12. The van der Waals surface area contributed by atoms with Gasteiger partial charge in [-0.3, -0.25) is 4.79 Å². The van der Waals surface area contributed by atoms with Crippen LogP contribution in [0.15, 0.2) is 23.4 Å². The molecule has 0 fully saturated rings. The lowest BCUT2D eigenvalue weighted by Crippen LogP contribution is -2.29. The standard InChI is InChI=1S/C11H17N3O3S/c1-3-4-9(17-2)11(15)14-8-5-6-13-10(7-8)18(12)16/h5-7,9H,3-4,12H2,1-2H3,(H,13,14,15). The Bertz CT molecular complexity index is 439. The van der Waals surface area contributed by atoms with Gasteiger partial charge in [0.2, 0.25) is 0 Å². The van der Waals surface area contributed by atoms with E-state index in [0.29, 0.717) is 12.1 Å². The van der Waals surface area contributed by atoms with Crippen molar-refractivity contribution in [1.82, 2.24) is 4.98 Å². The molecular formula is C11H17N3O3S. The Hall–Kier alpha value is -1.31. The van der Waals surface area contributed by atoms with Gasteiger partial charge in [0.1, 0.15) is 22.1 Å². The molecule has 0 saturated carbocycles. The number of anilines is 1. The van der Waals surface area contributed by atoms with Gasteiger partial charge in [0.05, 0.1) is 0 Å². The minimum absolute atomic E-state index is 0.220. The summed E-state index contributed by atoms with van der Waals surface area (Å²) >= 11 is 0. The third kappa shape index (κ3) is 4.17. The van der Waals surface area contributed by atoms with Crippen LogP contribution in [0.3, 0.4) is 0 Å². The lowest BCUT2D eigenvalue weighted by atomic mass is 10.2. The molecule has 0 aliphatic heterocycles. The average molecular weight is 271 g/mol. The van der Waals surface area contributed by atoms with Gasteiger partial charge in [0.25, 0.3) is 5.91 Å². The Morgan fingerprint density at radius 3 is 2.94 bits per heavy atom. The van der Waals surface area contributed by atoms with Crippen LogP contribution in [0.4, 0.5) is 5.69 Å². The van der Waals surface area contributed by atoms with Gasteiger partial charge in [0.15, 0.2) is 0 Å². The minimum atomic E-state index is -1.66. The quantitative estimate of drug-likeness (QED) is 0.800. The third-order valence-electron chi connectivity index (χ3n) is 2.34. The molecule has 1 rings (SSSR count). The van der Waals surface area contributed by atoms with E-state index in [1.807, 2.05) is 6.92 Å². The van der Waals surface area contributed by atoms with Crippen molar-refractivity contribution >= 4 is 22.6 Å². The molecule has 3 N–H and O–H groups in total. The highest BCUT2D eigenvalue weighted by atomic mass is 32.2. The summed E-state index contributed by atoms with van der Waals surface area (Å²) in [6, 6.07) is 3.08. The molecule has 100 valence electrons. The summed E-state index contributed by atoms with van der Waals surface area (Å²) in [6.45, 7) is 1.97. The fraction of sp³-hybridized carbons (Fsp3) is 0.455. The van der Waals surface area contributed by atoms with Crippen LogP contribution in [0.25, 0.3) is 0 Å². The first-order valence-corrected chi connectivity index (χ1v) is 6.75. The van der Waals surface area contributed by atoms with E-state index in [4.69, 9.17) is 9.88 Å². The number of nitrogens with zero attached hydrogens (tertiary/aromatic N) is 1. The van der Waals surface area contributed by atoms with Gasteiger partial charge >= 0.3 is 0 Å². The largest absolute Gasteiger partial charge is 0.372 e. The third-order valence-corrected chi connectivity index (χ3v) is 2.97. The molecule has 0 spiro atoms. The molecule has 0 radical (unpaired) electrons. The monoisotopic (exact) mass is 271 g/mol. The van der Waals surface area contributed by atoms with Crippen molar-refractivity contribution in [3.63, 3.8) is 0 Å². The van der Waals surface area contributed by atoms with Gasteiger partial charge in [-0.1, -0.05) is 13.3 Å². The number of ether oxygens (including phenoxy) is 1. The van der Waals surface area contributed by atoms with Crippen molar-refractivity contribution in [2.45, 2.75) is 30.9 Å². The van der Waals surface area contributed by atoms with E-state index < -0.39 is 17.1 Å². The minimum Gasteiger partial charge on any atom is -0.372 e. The Kier molecular flexibility index (Phi) is 5.90. The van der Waals surface area contributed by atoms with Gasteiger partial charge < -0.3 is 10.1 Å². The van der Waals surface area contributed by atoms with Crippen molar-refractivity contribution in [3.05, 3.63) is 18.3 Å². The van der Waals surface area contributed by atoms with Gasteiger partial charge in [-0.25, -0.2) is 14.3 Å². The average Bonchev–Trinajstić information content (AvgIpc) is 2.36. The molecule has 1 amide bonds. The lowest BCUT2D eigenvalue weighted by molar-refractivity contribution is -0.126. The SMILES string of the molecule is CCCC(OC)C(=O)Nc1ccnc(S(N)=O)c1. The topological polar surface area (TPSA) is 94.3 Å². The zero-order valence-electron chi connectivity index (χ0n) is 10.4. The first kappa shape index (κ1) is 14.7. The first-order valence-electron chi connectivity index (χ1n) is 5.54. The van der Waals surface area contributed by atoms with E-state index in [2.05, 4.69) is 10.3 Å². The smallest absolute Gasteiger partial charge is 0.253 e. The molecule has 6 nitrogen and oxygen atoms in total. The number of pyridine rings is 1. The van der Waals surface area contributed by atoms with E-state index >= 15 is 0 Å². The predicted octanol–water partition coefficient (Wildman–Crippen LogP) is 0.817. The van der Waals surface area contributed by atoms with Gasteiger partial charge in [-0.15, -0.1) is 0 Å². The number of carbonyl (C=O) groups excluding carboxylic acids is 1. The molecule has 2 atom stereocenters. The van der Waals surface area contributed by atoms with Crippen LogP contribution >= 0.6 is 0 Å². The highest BCUT2D eigenvalue weighted by Crippen LogP contribution is 2.11. The fourth-order valence-electron chi connectivity index (χ4n) is 1.44. The second-order valence-corrected chi connectivity index (χ2v) is 4.70. The highest BCUT2D eigenvalue weighted by Gasteiger charge is 2.16. The molecule has 0 aliphatic carbocycles. The van der Waals surface area contributed by atoms with Crippen LogP contribution in [-0.2, 0) is 20.5 Å². The maximum atomic E-state index is 11.9. The van der Waals surface area contributed by atoms with Crippen LogP contribution in [0.2, 0.25) is 0 Å². The van der Waals surface area contributed by atoms with E-state index in [1.165, 1.54) is 19.4 Å². The molecule has 7 heteroatoms. The summed E-state index contributed by atoms with van der Waals surface area (Å²) in [4.78, 5) is 15.7. The summed E-state index contributed by atoms with van der Waals surface area (Å²) in [5.74, 6) is -0.237. The van der Waals surface area contributed by atoms with E-state index in [0.717, 1.165) is 6.42 Å². The van der Waals surface area contributed by atoms with Crippen LogP contribution in [-0.4, -0.2) is 28.3 Å². The summed E-state index contributed by atoms with van der Waals surface area (Å²) in [5.41, 5.74) is 0.502. The number of hydrogen-bond donors (Lipinski definition) is 2. The van der Waals surface area contributed by atoms with Gasteiger partial charge in [-0.05, 0) is 18.6 Å². The molecule has 0 aliphatic rings. The number of nitrogens with two attached hydrogens (primary N) is 1. The molecular weight excluding hydrogens is 254 g/mol. The maximum absolute atomic E-state index is 11.9. The normalized spacial score (nSPS) is 13.9. The summed E-state index contributed by atoms with van der Waals surface area (Å²) < 4.78 is 16.2. The second-order valence-electron chi connectivity index (χ2n) is 3.68. The van der Waals surface area contributed by atoms with Crippen molar-refractivity contribution in [1.29, 1.82) is 0 Å². The van der Waals surface area contributed by atoms with Crippen molar-refractivity contribution < 1.29 is 13.7 Å². The number of methoxy groups -OCH3 is 1. The number of nitrogens with one attached hydrogen (secondary N) is 1. The fourth-order valence-corrected chi connectivity index (χ4v) is 1.85. The van der Waals surface area contributed by atoms with Gasteiger partial charge in [-0.2, -0.15) is 0 Å². The second kappa shape index (κ2) is 7.20. The van der Waals surface area contributed by atoms with Crippen LogP contribution < -0.4 is 10.5 Å². The predicted molar refractivity (Wildman–Crippen MR) is 69.2 cm³/mol. The molecule has 1 heterocycles. The molecule has 0 bridgehead atoms. The molecule has 1 aromatic rings. The Labute approximate surface area is 109 Å². The van der Waals surface area contributed by atoms with Crippen molar-refractivity contribution in [3.8, 4) is 0 Å². The lowest BCUT2D eigenvalue weighted by Gasteiger charge is -2.14. The Morgan fingerprint density at radius 2 is 2.39 bits per heavy atom. The van der Waals surface area contributed by atoms with Crippen molar-refractivity contribution in [2.24, 2.45) is 5.14 Å². The van der Waals surface area contributed by atoms with E-state index in [-0.39, 0.29) is 10.9 Å². The Balaban J connectivity index is 2.74. The zero-order chi connectivity index (χ0) is 13.5. The van der Waals surface area contributed by atoms with E-state index in [9.17, 15) is 9.00 Å². The van der Waals surface area contributed by atoms with Crippen LogP contribution in [0.1, 0.15) is 19.8 Å². The van der Waals surface area contributed by atoms with Crippen LogP contribution in [0, 0.1) is 0 Å². The van der Waals surface area contributed by atoms with Crippen LogP contribution in [0.5, 0.6) is 0 Å². The molecule has 0 aromatic carbocycles. The maximum Gasteiger partial charge on any atom is 0.253 e.